The summed E-state index contributed by atoms with van der Waals surface area (Å²) in [6.45, 7) is 7.27. The van der Waals surface area contributed by atoms with Gasteiger partial charge in [-0.15, -0.1) is 0 Å². The number of carbonyl (C=O) groups is 3. The minimum atomic E-state index is -0.787. The number of imide groups is 1. The molecule has 0 aliphatic rings. The molecular weight excluding hydrogens is 376 g/mol. The van der Waals surface area contributed by atoms with Crippen molar-refractivity contribution < 1.29 is 28.6 Å². The number of hydrogen-bond acceptors (Lipinski definition) is 6. The van der Waals surface area contributed by atoms with Gasteiger partial charge in [-0.2, -0.15) is 0 Å². The van der Waals surface area contributed by atoms with E-state index < -0.39 is 24.5 Å². The highest BCUT2D eigenvalue weighted by Crippen LogP contribution is 2.36. The molecule has 150 valence electrons. The minimum Gasteiger partial charge on any atom is -0.493 e. The van der Waals surface area contributed by atoms with E-state index in [9.17, 15) is 14.4 Å². The largest absolute Gasteiger partial charge is 0.493 e. The molecule has 0 aromatic heterocycles. The van der Waals surface area contributed by atoms with Crippen LogP contribution >= 0.6 is 11.6 Å². The molecule has 1 aromatic carbocycles. The fourth-order valence-electron chi connectivity index (χ4n) is 1.90. The summed E-state index contributed by atoms with van der Waals surface area (Å²) >= 11 is 6.18. The second kappa shape index (κ2) is 10.6. The maximum atomic E-state index is 12.2. The van der Waals surface area contributed by atoms with Gasteiger partial charge < -0.3 is 19.5 Å². The first-order valence-corrected chi connectivity index (χ1v) is 8.79. The van der Waals surface area contributed by atoms with Crippen molar-refractivity contribution >= 4 is 29.5 Å². The van der Waals surface area contributed by atoms with Gasteiger partial charge in [0.15, 0.2) is 18.1 Å². The first-order chi connectivity index (χ1) is 12.6. The van der Waals surface area contributed by atoms with Crippen molar-refractivity contribution in [2.45, 2.75) is 33.7 Å². The van der Waals surface area contributed by atoms with E-state index in [2.05, 4.69) is 10.6 Å². The van der Waals surface area contributed by atoms with Crippen LogP contribution in [0.2, 0.25) is 5.02 Å². The molecule has 0 saturated carbocycles. The maximum absolute atomic E-state index is 12.2. The number of carbonyl (C=O) groups excluding carboxylic acids is 3. The summed E-state index contributed by atoms with van der Waals surface area (Å²) in [5.41, 5.74) is 0.0909. The van der Waals surface area contributed by atoms with E-state index in [0.717, 1.165) is 0 Å². The van der Waals surface area contributed by atoms with Gasteiger partial charge in [-0.25, -0.2) is 9.59 Å². The zero-order chi connectivity index (χ0) is 20.6. The van der Waals surface area contributed by atoms with Crippen molar-refractivity contribution in [3.63, 3.8) is 0 Å². The second-order valence-electron chi connectivity index (χ2n) is 6.45. The van der Waals surface area contributed by atoms with Gasteiger partial charge in [0.25, 0.3) is 5.91 Å². The Morgan fingerprint density at radius 3 is 2.37 bits per heavy atom. The Morgan fingerprint density at radius 1 is 1.15 bits per heavy atom. The van der Waals surface area contributed by atoms with Gasteiger partial charge >= 0.3 is 12.0 Å². The zero-order valence-corrected chi connectivity index (χ0v) is 16.8. The van der Waals surface area contributed by atoms with Crippen molar-refractivity contribution in [2.24, 2.45) is 5.92 Å². The van der Waals surface area contributed by atoms with Crippen molar-refractivity contribution in [3.8, 4) is 11.5 Å². The number of benzene rings is 1. The molecule has 1 rings (SSSR count). The molecule has 0 heterocycles. The normalized spacial score (nSPS) is 10.5. The fourth-order valence-corrected chi connectivity index (χ4v) is 2.17. The highest BCUT2D eigenvalue weighted by Gasteiger charge is 2.18. The third-order valence-corrected chi connectivity index (χ3v) is 3.31. The Kier molecular flexibility index (Phi) is 8.87. The molecule has 0 aliphatic heterocycles. The highest BCUT2D eigenvalue weighted by atomic mass is 35.5. The average Bonchev–Trinajstić information content (AvgIpc) is 2.56. The monoisotopic (exact) mass is 400 g/mol. The van der Waals surface area contributed by atoms with Crippen LogP contribution in [0.3, 0.4) is 0 Å². The van der Waals surface area contributed by atoms with Gasteiger partial charge in [0.1, 0.15) is 0 Å². The number of ether oxygens (including phenoxy) is 3. The van der Waals surface area contributed by atoms with Gasteiger partial charge in [-0.1, -0.05) is 25.4 Å². The van der Waals surface area contributed by atoms with E-state index in [0.29, 0.717) is 12.4 Å². The molecule has 0 fully saturated rings. The van der Waals surface area contributed by atoms with E-state index in [1.54, 1.807) is 13.8 Å². The molecule has 0 saturated heterocycles. The Labute approximate surface area is 163 Å². The molecule has 27 heavy (non-hydrogen) atoms. The number of urea groups is 1. The van der Waals surface area contributed by atoms with E-state index in [1.165, 1.54) is 19.2 Å². The summed E-state index contributed by atoms with van der Waals surface area (Å²) in [6.07, 6.45) is 0. The molecule has 0 bridgehead atoms. The standard InChI is InChI=1S/C18H25ClN2O6/c1-10(2)8-26-16-13(19)6-12(7-14(16)25-5)17(23)27-9-15(22)21-18(24)20-11(3)4/h6-7,10-11H,8-9H2,1-5H3,(H2,20,21,22,24). The lowest BCUT2D eigenvalue weighted by molar-refractivity contribution is -0.123. The second-order valence-corrected chi connectivity index (χ2v) is 6.85. The summed E-state index contributed by atoms with van der Waals surface area (Å²) < 4.78 is 15.7. The van der Waals surface area contributed by atoms with Crippen LogP contribution in [0.25, 0.3) is 0 Å². The van der Waals surface area contributed by atoms with E-state index in [4.69, 9.17) is 25.8 Å². The number of rotatable bonds is 8. The highest BCUT2D eigenvalue weighted by molar-refractivity contribution is 6.32. The maximum Gasteiger partial charge on any atom is 0.338 e. The SMILES string of the molecule is COc1cc(C(=O)OCC(=O)NC(=O)NC(C)C)cc(Cl)c1OCC(C)C. The van der Waals surface area contributed by atoms with Gasteiger partial charge in [0, 0.05) is 6.04 Å². The molecule has 1 aromatic rings. The fraction of sp³-hybridized carbons (Fsp3) is 0.500. The summed E-state index contributed by atoms with van der Waals surface area (Å²) in [5.74, 6) is -0.660. The van der Waals surface area contributed by atoms with Crippen LogP contribution in [0.5, 0.6) is 11.5 Å². The number of esters is 1. The average molecular weight is 401 g/mol. The van der Waals surface area contributed by atoms with E-state index >= 15 is 0 Å². The number of amides is 3. The first kappa shape index (κ1) is 22.6. The summed E-state index contributed by atoms with van der Waals surface area (Å²) in [7, 11) is 1.42. The predicted octanol–water partition coefficient (Wildman–Crippen LogP) is 2.77. The molecular formula is C18H25ClN2O6. The number of hydrogen-bond donors (Lipinski definition) is 2. The van der Waals surface area contributed by atoms with Crippen LogP contribution in [-0.2, 0) is 9.53 Å². The molecule has 9 heteroatoms. The van der Waals surface area contributed by atoms with Crippen molar-refractivity contribution in [1.82, 2.24) is 10.6 Å². The van der Waals surface area contributed by atoms with Crippen LogP contribution < -0.4 is 20.1 Å². The van der Waals surface area contributed by atoms with Crippen molar-refractivity contribution in [2.75, 3.05) is 20.3 Å². The first-order valence-electron chi connectivity index (χ1n) is 8.41. The molecule has 3 amide bonds. The number of methoxy groups -OCH3 is 1. The molecule has 0 unspecified atom stereocenters. The molecule has 8 nitrogen and oxygen atoms in total. The molecule has 0 radical (unpaired) electrons. The topological polar surface area (TPSA) is 103 Å². The van der Waals surface area contributed by atoms with Gasteiger partial charge in [0.05, 0.1) is 24.3 Å². The molecule has 0 aliphatic carbocycles. The van der Waals surface area contributed by atoms with Crippen LogP contribution in [0.1, 0.15) is 38.1 Å². The number of nitrogens with one attached hydrogen (secondary N) is 2. The van der Waals surface area contributed by atoms with Crippen LogP contribution in [0.15, 0.2) is 12.1 Å². The van der Waals surface area contributed by atoms with Gasteiger partial charge in [0.2, 0.25) is 0 Å². The lowest BCUT2D eigenvalue weighted by Crippen LogP contribution is -2.44. The number of halogens is 1. The van der Waals surface area contributed by atoms with Gasteiger partial charge in [-0.3, -0.25) is 10.1 Å². The predicted molar refractivity (Wildman–Crippen MR) is 100 cm³/mol. The van der Waals surface area contributed by atoms with Crippen LogP contribution in [0, 0.1) is 5.92 Å². The summed E-state index contributed by atoms with van der Waals surface area (Å²) in [6, 6.07) is 1.98. The van der Waals surface area contributed by atoms with Gasteiger partial charge in [-0.05, 0) is 31.9 Å². The molecule has 0 spiro atoms. The molecule has 2 N–H and O–H groups in total. The summed E-state index contributed by atoms with van der Waals surface area (Å²) in [5, 5.41) is 4.72. The Bertz CT molecular complexity index is 691. The quantitative estimate of drug-likeness (QED) is 0.650. The van der Waals surface area contributed by atoms with Crippen LogP contribution in [0.4, 0.5) is 4.79 Å². The Balaban J connectivity index is 2.73. The minimum absolute atomic E-state index is 0.0909. The third kappa shape index (κ3) is 7.74. The van der Waals surface area contributed by atoms with E-state index in [-0.39, 0.29) is 28.3 Å². The lowest BCUT2D eigenvalue weighted by Gasteiger charge is -2.15. The smallest absolute Gasteiger partial charge is 0.338 e. The molecule has 0 atom stereocenters. The van der Waals surface area contributed by atoms with E-state index in [1.807, 2.05) is 13.8 Å². The Morgan fingerprint density at radius 2 is 1.81 bits per heavy atom. The summed E-state index contributed by atoms with van der Waals surface area (Å²) in [4.78, 5) is 35.2. The van der Waals surface area contributed by atoms with Crippen molar-refractivity contribution in [3.05, 3.63) is 22.7 Å². The van der Waals surface area contributed by atoms with Crippen LogP contribution in [-0.4, -0.2) is 44.3 Å². The lowest BCUT2D eigenvalue weighted by atomic mass is 10.2. The zero-order valence-electron chi connectivity index (χ0n) is 16.1. The Hall–Kier alpha value is -2.48. The van der Waals surface area contributed by atoms with Crippen molar-refractivity contribution in [1.29, 1.82) is 0 Å². The third-order valence-electron chi connectivity index (χ3n) is 3.03.